The van der Waals surface area contributed by atoms with Gasteiger partial charge in [-0.25, -0.2) is 0 Å². The third kappa shape index (κ3) is 4.04. The summed E-state index contributed by atoms with van der Waals surface area (Å²) in [7, 11) is 0. The molecule has 0 spiro atoms. The normalized spacial score (nSPS) is 16.5. The quantitative estimate of drug-likeness (QED) is 0.681. The van der Waals surface area contributed by atoms with Gasteiger partial charge in [-0.05, 0) is 53.4 Å². The number of thiophene rings is 1. The molecule has 1 aliphatic rings. The Morgan fingerprint density at radius 2 is 2.26 bits per heavy atom. The smallest absolute Gasteiger partial charge is 0.272 e. The predicted molar refractivity (Wildman–Crippen MR) is 104 cm³/mol. The van der Waals surface area contributed by atoms with Crippen LogP contribution >= 0.6 is 11.3 Å². The summed E-state index contributed by atoms with van der Waals surface area (Å²) in [6.07, 6.45) is 2.08. The molecule has 0 unspecified atom stereocenters. The monoisotopic (exact) mass is 383 g/mol. The lowest BCUT2D eigenvalue weighted by Crippen LogP contribution is -2.37. The highest BCUT2D eigenvalue weighted by atomic mass is 32.1. The molecule has 7 heteroatoms. The van der Waals surface area contributed by atoms with Crippen molar-refractivity contribution in [1.29, 1.82) is 0 Å². The molecule has 3 heterocycles. The van der Waals surface area contributed by atoms with Gasteiger partial charge >= 0.3 is 0 Å². The minimum absolute atomic E-state index is 0.0770. The van der Waals surface area contributed by atoms with E-state index in [4.69, 9.17) is 4.74 Å². The van der Waals surface area contributed by atoms with Gasteiger partial charge in [-0.2, -0.15) is 16.4 Å². The molecule has 1 fully saturated rings. The molecule has 6 nitrogen and oxygen atoms in total. The van der Waals surface area contributed by atoms with Gasteiger partial charge in [-0.1, -0.05) is 12.1 Å². The number of rotatable bonds is 6. The Bertz CT molecular complexity index is 901. The maximum atomic E-state index is 13.1. The highest BCUT2D eigenvalue weighted by Gasteiger charge is 2.25. The van der Waals surface area contributed by atoms with E-state index in [2.05, 4.69) is 15.6 Å². The summed E-state index contributed by atoms with van der Waals surface area (Å²) >= 11 is 1.62. The molecule has 140 valence electrons. The molecular weight excluding hydrogens is 362 g/mol. The maximum Gasteiger partial charge on any atom is 0.272 e. The highest BCUT2D eigenvalue weighted by molar-refractivity contribution is 7.07. The second kappa shape index (κ2) is 7.94. The predicted octanol–water partition coefficient (Wildman–Crippen LogP) is 3.67. The maximum absolute atomic E-state index is 13.1. The van der Waals surface area contributed by atoms with Gasteiger partial charge < -0.3 is 14.7 Å². The second-order valence-electron chi connectivity index (χ2n) is 6.64. The number of ether oxygens (including phenoxy) is 1. The zero-order valence-corrected chi connectivity index (χ0v) is 15.6. The van der Waals surface area contributed by atoms with Crippen LogP contribution in [0.25, 0.3) is 11.3 Å². The van der Waals surface area contributed by atoms with Gasteiger partial charge in [0.15, 0.2) is 0 Å². The molecule has 1 amide bonds. The third-order valence-corrected chi connectivity index (χ3v) is 5.41. The first kappa shape index (κ1) is 17.8. The number of H-pyrrole nitrogens is 1. The van der Waals surface area contributed by atoms with Crippen molar-refractivity contribution in [3.63, 3.8) is 0 Å². The molecule has 1 aliphatic heterocycles. The number of benzene rings is 1. The molecule has 3 aromatic rings. The van der Waals surface area contributed by atoms with Crippen molar-refractivity contribution in [1.82, 2.24) is 15.1 Å². The second-order valence-corrected chi connectivity index (χ2v) is 7.42. The summed E-state index contributed by atoms with van der Waals surface area (Å²) in [5.41, 5.74) is 2.65. The van der Waals surface area contributed by atoms with E-state index in [9.17, 15) is 9.90 Å². The minimum Gasteiger partial charge on any atom is -0.507 e. The van der Waals surface area contributed by atoms with Gasteiger partial charge in [0.1, 0.15) is 11.4 Å². The number of aromatic hydroxyl groups is 1. The zero-order valence-electron chi connectivity index (χ0n) is 14.8. The van der Waals surface area contributed by atoms with Crippen LogP contribution in [-0.4, -0.2) is 45.4 Å². The number of aromatic amines is 1. The average molecular weight is 383 g/mol. The number of amides is 1. The van der Waals surface area contributed by atoms with E-state index in [0.717, 1.165) is 25.0 Å². The van der Waals surface area contributed by atoms with E-state index in [0.29, 0.717) is 30.0 Å². The topological polar surface area (TPSA) is 78.4 Å². The van der Waals surface area contributed by atoms with Crippen LogP contribution in [0.3, 0.4) is 0 Å². The van der Waals surface area contributed by atoms with Crippen LogP contribution in [0.15, 0.2) is 47.2 Å². The first-order valence-electron chi connectivity index (χ1n) is 8.96. The molecule has 0 aliphatic carbocycles. The molecule has 1 saturated heterocycles. The third-order valence-electron chi connectivity index (χ3n) is 4.68. The van der Waals surface area contributed by atoms with Crippen LogP contribution in [0.2, 0.25) is 0 Å². The Hall–Kier alpha value is -2.64. The molecule has 2 aromatic heterocycles. The van der Waals surface area contributed by atoms with Crippen LogP contribution in [0.5, 0.6) is 5.75 Å². The zero-order chi connectivity index (χ0) is 18.6. The van der Waals surface area contributed by atoms with E-state index >= 15 is 0 Å². The number of carbonyl (C=O) groups excluding carboxylic acids is 1. The number of hydrogen-bond donors (Lipinski definition) is 2. The molecule has 1 atom stereocenters. The molecule has 0 bridgehead atoms. The fourth-order valence-electron chi connectivity index (χ4n) is 3.29. The molecule has 27 heavy (non-hydrogen) atoms. The number of aromatic nitrogens is 2. The van der Waals surface area contributed by atoms with Gasteiger partial charge in [0.25, 0.3) is 5.91 Å². The lowest BCUT2D eigenvalue weighted by Gasteiger charge is -2.24. The number of hydrogen-bond acceptors (Lipinski definition) is 5. The fourth-order valence-corrected chi connectivity index (χ4v) is 3.95. The summed E-state index contributed by atoms with van der Waals surface area (Å²) < 4.78 is 5.73. The Kier molecular flexibility index (Phi) is 5.22. The number of nitrogens with zero attached hydrogens (tertiary/aromatic N) is 2. The average Bonchev–Trinajstić information content (AvgIpc) is 3.44. The van der Waals surface area contributed by atoms with Gasteiger partial charge in [-0.15, -0.1) is 0 Å². The number of carbonyl (C=O) groups is 1. The van der Waals surface area contributed by atoms with Crippen molar-refractivity contribution >= 4 is 17.2 Å². The fraction of sp³-hybridized carbons (Fsp3) is 0.300. The largest absolute Gasteiger partial charge is 0.507 e. The van der Waals surface area contributed by atoms with Gasteiger partial charge in [0.05, 0.1) is 11.8 Å². The van der Waals surface area contributed by atoms with Gasteiger partial charge in [0.2, 0.25) is 0 Å². The van der Waals surface area contributed by atoms with Crippen molar-refractivity contribution in [2.75, 3.05) is 13.2 Å². The van der Waals surface area contributed by atoms with E-state index < -0.39 is 0 Å². The lowest BCUT2D eigenvalue weighted by molar-refractivity contribution is 0.0503. The van der Waals surface area contributed by atoms with E-state index in [1.165, 1.54) is 0 Å². The van der Waals surface area contributed by atoms with Crippen LogP contribution in [-0.2, 0) is 11.3 Å². The Morgan fingerprint density at radius 3 is 3.00 bits per heavy atom. The first-order chi connectivity index (χ1) is 13.2. The van der Waals surface area contributed by atoms with Crippen LogP contribution < -0.4 is 0 Å². The molecular formula is C20H21N3O3S. The summed E-state index contributed by atoms with van der Waals surface area (Å²) in [6, 6.07) is 10.7. The Morgan fingerprint density at radius 1 is 1.37 bits per heavy atom. The lowest BCUT2D eigenvalue weighted by atomic mass is 10.1. The molecule has 1 aromatic carbocycles. The van der Waals surface area contributed by atoms with E-state index in [1.54, 1.807) is 40.5 Å². The van der Waals surface area contributed by atoms with Gasteiger partial charge in [0, 0.05) is 25.3 Å². The van der Waals surface area contributed by atoms with Crippen LogP contribution in [0.4, 0.5) is 0 Å². The number of phenolic OH excluding ortho intramolecular Hbond substituents is 1. The Labute approximate surface area is 161 Å². The van der Waals surface area contributed by atoms with E-state index in [-0.39, 0.29) is 17.8 Å². The van der Waals surface area contributed by atoms with Crippen molar-refractivity contribution in [3.05, 3.63) is 58.4 Å². The SMILES string of the molecule is O=C(c1cc(-c2ccccc2O)n[nH]1)N(Cc1ccsc1)C[C@H]1CCCO1. The Balaban J connectivity index is 1.56. The number of phenols is 1. The number of nitrogens with one attached hydrogen (secondary N) is 1. The summed E-state index contributed by atoms with van der Waals surface area (Å²) in [6.45, 7) is 1.85. The standard InChI is InChI=1S/C20H21N3O3S/c24-19-6-2-1-5-16(19)17-10-18(22-21-17)20(25)23(11-14-7-9-27-13-14)12-15-4-3-8-26-15/h1-2,5-7,9-10,13,15,24H,3-4,8,11-12H2,(H,21,22)/t15-/m1/s1. The van der Waals surface area contributed by atoms with Crippen molar-refractivity contribution < 1.29 is 14.6 Å². The summed E-state index contributed by atoms with van der Waals surface area (Å²) in [5.74, 6) is 0.0170. The van der Waals surface area contributed by atoms with Crippen LogP contribution in [0.1, 0.15) is 28.9 Å². The highest BCUT2D eigenvalue weighted by Crippen LogP contribution is 2.28. The van der Waals surface area contributed by atoms with E-state index in [1.807, 2.05) is 17.5 Å². The molecule has 4 rings (SSSR count). The molecule has 2 N–H and O–H groups in total. The minimum atomic E-state index is -0.120. The van der Waals surface area contributed by atoms with Crippen molar-refractivity contribution in [2.24, 2.45) is 0 Å². The number of para-hydroxylation sites is 1. The summed E-state index contributed by atoms with van der Waals surface area (Å²) in [4.78, 5) is 14.9. The van der Waals surface area contributed by atoms with Crippen molar-refractivity contribution in [2.45, 2.75) is 25.5 Å². The van der Waals surface area contributed by atoms with Crippen LogP contribution in [0, 0.1) is 0 Å². The van der Waals surface area contributed by atoms with Crippen molar-refractivity contribution in [3.8, 4) is 17.0 Å². The summed E-state index contributed by atoms with van der Waals surface area (Å²) in [5, 5.41) is 21.1. The van der Waals surface area contributed by atoms with Gasteiger partial charge in [-0.3, -0.25) is 9.89 Å². The first-order valence-corrected chi connectivity index (χ1v) is 9.91. The molecule has 0 radical (unpaired) electrons. The molecule has 0 saturated carbocycles.